The van der Waals surface area contributed by atoms with E-state index in [1.54, 1.807) is 0 Å². The summed E-state index contributed by atoms with van der Waals surface area (Å²) in [4.78, 5) is 14.9. The van der Waals surface area contributed by atoms with Crippen molar-refractivity contribution in [3.63, 3.8) is 0 Å². The normalized spacial score (nSPS) is 18.9. The van der Waals surface area contributed by atoms with E-state index in [9.17, 15) is 4.79 Å². The molecule has 1 aliphatic heterocycles. The fourth-order valence-corrected chi connectivity index (χ4v) is 3.06. The van der Waals surface area contributed by atoms with Gasteiger partial charge in [-0.05, 0) is 57.3 Å². The van der Waals surface area contributed by atoms with Crippen molar-refractivity contribution in [2.24, 2.45) is 0 Å². The van der Waals surface area contributed by atoms with Gasteiger partial charge in [-0.1, -0.05) is 31.5 Å². The van der Waals surface area contributed by atoms with Gasteiger partial charge in [0.05, 0.1) is 6.04 Å². The van der Waals surface area contributed by atoms with Crippen LogP contribution < -0.4 is 5.32 Å². The average molecular weight is 292 g/mol. The highest BCUT2D eigenvalue weighted by atomic mass is 16.2. The molecule has 1 atom stereocenters. The van der Waals surface area contributed by atoms with E-state index in [1.807, 2.05) is 32.0 Å². The van der Waals surface area contributed by atoms with Crippen LogP contribution in [0.1, 0.15) is 43.7 Å². The highest BCUT2D eigenvalue weighted by Gasteiger charge is 2.28. The number of piperidine rings is 1. The molecule has 0 saturated carbocycles. The topological polar surface area (TPSA) is 63.8 Å². The molecule has 1 unspecified atom stereocenters. The number of likely N-dealkylation sites (tertiary alicyclic amines) is 1. The Bertz CT molecular complexity index is 452. The number of para-hydroxylation sites is 1. The van der Waals surface area contributed by atoms with Gasteiger partial charge in [-0.3, -0.25) is 9.69 Å². The zero-order valence-electron chi connectivity index (χ0n) is 13.4. The van der Waals surface area contributed by atoms with Crippen LogP contribution in [0.2, 0.25) is 0 Å². The van der Waals surface area contributed by atoms with Gasteiger partial charge in [0.2, 0.25) is 5.91 Å². The molecule has 1 amide bonds. The Hall–Kier alpha value is -1.39. The van der Waals surface area contributed by atoms with Gasteiger partial charge in [-0.25, -0.2) is 0 Å². The molecule has 0 aromatic heterocycles. The molecule has 2 rings (SSSR count). The van der Waals surface area contributed by atoms with Crippen LogP contribution in [0.4, 0.5) is 5.69 Å². The lowest BCUT2D eigenvalue weighted by Gasteiger charge is -2.34. The Morgan fingerprint density at radius 2 is 1.95 bits per heavy atom. The first-order chi connectivity index (χ1) is 9.63. The van der Waals surface area contributed by atoms with E-state index in [0.29, 0.717) is 0 Å². The second-order valence-electron chi connectivity index (χ2n) is 5.80. The van der Waals surface area contributed by atoms with Gasteiger partial charge in [-0.15, -0.1) is 0 Å². The zero-order chi connectivity index (χ0) is 14.5. The van der Waals surface area contributed by atoms with Crippen LogP contribution in [0.25, 0.3) is 0 Å². The fourth-order valence-electron chi connectivity index (χ4n) is 3.06. The van der Waals surface area contributed by atoms with E-state index in [1.165, 1.54) is 6.42 Å². The molecule has 1 saturated heterocycles. The maximum atomic E-state index is 12.6. The molecule has 0 aliphatic carbocycles. The molecule has 1 aliphatic rings. The summed E-state index contributed by atoms with van der Waals surface area (Å²) >= 11 is 0. The molecule has 0 spiro atoms. The number of hydrogen-bond donors (Lipinski definition) is 1. The summed E-state index contributed by atoms with van der Waals surface area (Å²) in [5.41, 5.74) is 3.26. The van der Waals surface area contributed by atoms with Crippen molar-refractivity contribution >= 4 is 11.6 Å². The number of amides is 1. The third kappa shape index (κ3) is 4.29. The highest BCUT2D eigenvalue weighted by molar-refractivity contribution is 5.96. The lowest BCUT2D eigenvalue weighted by atomic mass is 10.0. The van der Waals surface area contributed by atoms with Gasteiger partial charge in [0.15, 0.2) is 0 Å². The predicted molar refractivity (Wildman–Crippen MR) is 87.7 cm³/mol. The average Bonchev–Trinajstić information content (AvgIpc) is 2.44. The van der Waals surface area contributed by atoms with Gasteiger partial charge < -0.3 is 10.8 Å². The van der Waals surface area contributed by atoms with Crippen molar-refractivity contribution in [1.82, 2.24) is 4.90 Å². The molecule has 1 aromatic rings. The molecule has 118 valence electrons. The first-order valence-electron chi connectivity index (χ1n) is 7.74. The summed E-state index contributed by atoms with van der Waals surface area (Å²) < 4.78 is 0. The summed E-state index contributed by atoms with van der Waals surface area (Å²) in [5, 5.41) is 3.16. The quantitative estimate of drug-likeness (QED) is 0.927. The number of benzene rings is 1. The van der Waals surface area contributed by atoms with E-state index in [0.717, 1.165) is 49.2 Å². The fraction of sp³-hybridized carbons (Fsp3) is 0.588. The van der Waals surface area contributed by atoms with Gasteiger partial charge in [0.25, 0.3) is 0 Å². The number of carbonyl (C=O) groups excluding carboxylic acids is 1. The minimum atomic E-state index is 0. The van der Waals surface area contributed by atoms with Crippen molar-refractivity contribution < 1.29 is 10.3 Å². The number of anilines is 1. The van der Waals surface area contributed by atoms with E-state index < -0.39 is 0 Å². The summed E-state index contributed by atoms with van der Waals surface area (Å²) in [6.45, 7) is 8.35. The van der Waals surface area contributed by atoms with Crippen LogP contribution in [0.3, 0.4) is 0 Å². The smallest absolute Gasteiger partial charge is 0.241 e. The van der Waals surface area contributed by atoms with Crippen molar-refractivity contribution in [1.29, 1.82) is 0 Å². The van der Waals surface area contributed by atoms with Crippen molar-refractivity contribution in [3.05, 3.63) is 29.3 Å². The van der Waals surface area contributed by atoms with Crippen LogP contribution in [-0.2, 0) is 4.79 Å². The number of nitrogens with one attached hydrogen (secondary N) is 1. The Kier molecular flexibility index (Phi) is 6.85. The van der Waals surface area contributed by atoms with Crippen LogP contribution in [-0.4, -0.2) is 35.4 Å². The Morgan fingerprint density at radius 3 is 2.57 bits per heavy atom. The monoisotopic (exact) mass is 292 g/mol. The molecule has 1 fully saturated rings. The van der Waals surface area contributed by atoms with Gasteiger partial charge >= 0.3 is 0 Å². The molecule has 1 heterocycles. The minimum Gasteiger partial charge on any atom is -0.412 e. The molecular formula is C17H28N2O2. The molecule has 0 bridgehead atoms. The molecule has 3 N–H and O–H groups in total. The lowest BCUT2D eigenvalue weighted by Crippen LogP contribution is -2.47. The number of rotatable bonds is 4. The number of aryl methyl sites for hydroxylation is 2. The summed E-state index contributed by atoms with van der Waals surface area (Å²) in [5.74, 6) is 0.163. The van der Waals surface area contributed by atoms with Gasteiger partial charge in [-0.2, -0.15) is 0 Å². The van der Waals surface area contributed by atoms with Crippen molar-refractivity contribution in [2.75, 3.05) is 18.4 Å². The Balaban J connectivity index is 0.00000220. The third-order valence-corrected chi connectivity index (χ3v) is 4.16. The van der Waals surface area contributed by atoms with Crippen molar-refractivity contribution in [2.45, 2.75) is 52.5 Å². The van der Waals surface area contributed by atoms with E-state index in [4.69, 9.17) is 0 Å². The highest BCUT2D eigenvalue weighted by Crippen LogP contribution is 2.23. The maximum absolute atomic E-state index is 12.6. The third-order valence-electron chi connectivity index (χ3n) is 4.16. The van der Waals surface area contributed by atoms with Gasteiger partial charge in [0.1, 0.15) is 0 Å². The predicted octanol–water partition coefficient (Wildman–Crippen LogP) is 2.68. The van der Waals surface area contributed by atoms with Crippen LogP contribution >= 0.6 is 0 Å². The van der Waals surface area contributed by atoms with E-state index in [-0.39, 0.29) is 17.4 Å². The van der Waals surface area contributed by atoms with Crippen LogP contribution in [0, 0.1) is 13.8 Å². The second kappa shape index (κ2) is 8.15. The molecular weight excluding hydrogens is 264 g/mol. The summed E-state index contributed by atoms with van der Waals surface area (Å²) in [7, 11) is 0. The molecule has 4 heteroatoms. The first-order valence-corrected chi connectivity index (χ1v) is 7.74. The molecule has 4 nitrogen and oxygen atoms in total. The van der Waals surface area contributed by atoms with E-state index >= 15 is 0 Å². The van der Waals surface area contributed by atoms with Gasteiger partial charge in [0, 0.05) is 5.69 Å². The number of carbonyl (C=O) groups is 1. The van der Waals surface area contributed by atoms with Crippen LogP contribution in [0.5, 0.6) is 0 Å². The van der Waals surface area contributed by atoms with Crippen LogP contribution in [0.15, 0.2) is 18.2 Å². The SMILES string of the molecule is CCCN1CCCCC1C(=O)Nc1c(C)cccc1C.O. The summed E-state index contributed by atoms with van der Waals surface area (Å²) in [6.07, 6.45) is 4.46. The zero-order valence-corrected chi connectivity index (χ0v) is 13.4. The Labute approximate surface area is 127 Å². The number of hydrogen-bond acceptors (Lipinski definition) is 2. The molecule has 21 heavy (non-hydrogen) atoms. The minimum absolute atomic E-state index is 0. The Morgan fingerprint density at radius 1 is 1.29 bits per heavy atom. The van der Waals surface area contributed by atoms with Crippen molar-refractivity contribution in [3.8, 4) is 0 Å². The molecule has 1 aromatic carbocycles. The second-order valence-corrected chi connectivity index (χ2v) is 5.80. The lowest BCUT2D eigenvalue weighted by molar-refractivity contribution is -0.122. The largest absolute Gasteiger partial charge is 0.412 e. The first kappa shape index (κ1) is 17.7. The summed E-state index contributed by atoms with van der Waals surface area (Å²) in [6, 6.07) is 6.17. The molecule has 0 radical (unpaired) electrons. The van der Waals surface area contributed by atoms with E-state index in [2.05, 4.69) is 17.1 Å². The maximum Gasteiger partial charge on any atom is 0.241 e. The standard InChI is InChI=1S/C17H26N2O.H2O/c1-4-11-19-12-6-5-10-15(19)17(20)18-16-13(2)8-7-9-14(16)3;/h7-9,15H,4-6,10-12H2,1-3H3,(H,18,20);1H2. The number of nitrogens with zero attached hydrogens (tertiary/aromatic N) is 1.